The van der Waals surface area contributed by atoms with Crippen LogP contribution in [-0.4, -0.2) is 13.2 Å². The first kappa shape index (κ1) is 12.6. The first-order chi connectivity index (χ1) is 7.67. The van der Waals surface area contributed by atoms with Crippen LogP contribution in [0.2, 0.25) is 0 Å². The quantitative estimate of drug-likeness (QED) is 0.766. The van der Waals surface area contributed by atoms with E-state index in [9.17, 15) is 0 Å². The van der Waals surface area contributed by atoms with Crippen molar-refractivity contribution in [2.45, 2.75) is 32.4 Å². The van der Waals surface area contributed by atoms with Crippen LogP contribution in [-0.2, 0) is 0 Å². The van der Waals surface area contributed by atoms with E-state index < -0.39 is 0 Å². The molecule has 1 atom stereocenters. The van der Waals surface area contributed by atoms with Crippen LogP contribution in [0.4, 0.5) is 0 Å². The molecule has 0 heterocycles. The van der Waals surface area contributed by atoms with Gasteiger partial charge in [-0.15, -0.1) is 12.3 Å². The number of terminal acetylenes is 1. The second kappa shape index (κ2) is 6.19. The molecule has 0 aliphatic heterocycles. The highest BCUT2D eigenvalue weighted by molar-refractivity contribution is 5.31. The van der Waals surface area contributed by atoms with E-state index >= 15 is 0 Å². The summed E-state index contributed by atoms with van der Waals surface area (Å²) in [6.45, 7) is 4.04. The molecule has 1 rings (SSSR count). The van der Waals surface area contributed by atoms with E-state index in [1.165, 1.54) is 5.56 Å². The molecule has 0 amide bonds. The van der Waals surface area contributed by atoms with Crippen molar-refractivity contribution in [1.29, 1.82) is 0 Å². The molecule has 0 aliphatic carbocycles. The maximum atomic E-state index is 5.65. The number of hydrogen-bond donors (Lipinski definition) is 1. The summed E-state index contributed by atoms with van der Waals surface area (Å²) in [6.07, 6.45) is 6.21. The molecule has 0 spiro atoms. The maximum absolute atomic E-state index is 5.65. The third-order valence-electron chi connectivity index (χ3n) is 2.30. The highest BCUT2D eigenvalue weighted by atomic mass is 16.5. The SMILES string of the molecule is C#CCC(NC)c1cccc(OC(C)C)c1. The normalized spacial score (nSPS) is 12.2. The van der Waals surface area contributed by atoms with Crippen molar-refractivity contribution in [1.82, 2.24) is 5.32 Å². The summed E-state index contributed by atoms with van der Waals surface area (Å²) in [7, 11) is 1.91. The van der Waals surface area contributed by atoms with Crippen molar-refractivity contribution in [2.24, 2.45) is 0 Å². The first-order valence-electron chi connectivity index (χ1n) is 5.54. The summed E-state index contributed by atoms with van der Waals surface area (Å²) in [4.78, 5) is 0. The summed E-state index contributed by atoms with van der Waals surface area (Å²) < 4.78 is 5.65. The third kappa shape index (κ3) is 3.60. The van der Waals surface area contributed by atoms with Gasteiger partial charge in [0.15, 0.2) is 0 Å². The molecular formula is C14H19NO. The van der Waals surface area contributed by atoms with E-state index in [0.29, 0.717) is 6.42 Å². The van der Waals surface area contributed by atoms with Crippen LogP contribution < -0.4 is 10.1 Å². The lowest BCUT2D eigenvalue weighted by molar-refractivity contribution is 0.242. The Balaban J connectivity index is 2.84. The van der Waals surface area contributed by atoms with Gasteiger partial charge in [0.2, 0.25) is 0 Å². The fourth-order valence-electron chi connectivity index (χ4n) is 1.58. The molecule has 1 aromatic carbocycles. The lowest BCUT2D eigenvalue weighted by Gasteiger charge is -2.16. The van der Waals surface area contributed by atoms with E-state index in [-0.39, 0.29) is 12.1 Å². The van der Waals surface area contributed by atoms with Crippen LogP contribution in [0.15, 0.2) is 24.3 Å². The molecule has 2 nitrogen and oxygen atoms in total. The Hall–Kier alpha value is -1.46. The number of ether oxygens (including phenoxy) is 1. The molecule has 16 heavy (non-hydrogen) atoms. The second-order valence-corrected chi connectivity index (χ2v) is 3.99. The summed E-state index contributed by atoms with van der Waals surface area (Å²) in [6, 6.07) is 8.25. The largest absolute Gasteiger partial charge is 0.491 e. The van der Waals surface area contributed by atoms with Crippen molar-refractivity contribution in [3.63, 3.8) is 0 Å². The van der Waals surface area contributed by atoms with Crippen LogP contribution in [0, 0.1) is 12.3 Å². The number of hydrogen-bond acceptors (Lipinski definition) is 2. The zero-order chi connectivity index (χ0) is 12.0. The summed E-state index contributed by atoms with van der Waals surface area (Å²) >= 11 is 0. The lowest BCUT2D eigenvalue weighted by atomic mass is 10.0. The van der Waals surface area contributed by atoms with E-state index in [0.717, 1.165) is 5.75 Å². The van der Waals surface area contributed by atoms with Gasteiger partial charge in [-0.3, -0.25) is 0 Å². The Morgan fingerprint density at radius 1 is 1.44 bits per heavy atom. The molecule has 0 fully saturated rings. The Bertz CT molecular complexity index is 365. The minimum Gasteiger partial charge on any atom is -0.491 e. The van der Waals surface area contributed by atoms with Crippen LogP contribution in [0.1, 0.15) is 31.9 Å². The average molecular weight is 217 g/mol. The molecule has 0 aromatic heterocycles. The smallest absolute Gasteiger partial charge is 0.120 e. The Kier molecular flexibility index (Phi) is 4.88. The lowest BCUT2D eigenvalue weighted by Crippen LogP contribution is -2.16. The minimum absolute atomic E-state index is 0.191. The fourth-order valence-corrected chi connectivity index (χ4v) is 1.58. The van der Waals surface area contributed by atoms with Crippen molar-refractivity contribution >= 4 is 0 Å². The predicted molar refractivity (Wildman–Crippen MR) is 67.5 cm³/mol. The molecule has 0 saturated heterocycles. The molecule has 1 aromatic rings. The molecule has 0 bridgehead atoms. The van der Waals surface area contributed by atoms with E-state index in [1.807, 2.05) is 39.1 Å². The highest BCUT2D eigenvalue weighted by Crippen LogP contribution is 2.21. The average Bonchev–Trinajstić information content (AvgIpc) is 2.25. The van der Waals surface area contributed by atoms with Crippen molar-refractivity contribution in [3.05, 3.63) is 29.8 Å². The molecular weight excluding hydrogens is 198 g/mol. The van der Waals surface area contributed by atoms with Gasteiger partial charge in [-0.1, -0.05) is 12.1 Å². The highest BCUT2D eigenvalue weighted by Gasteiger charge is 2.08. The Labute approximate surface area is 98.0 Å². The third-order valence-corrected chi connectivity index (χ3v) is 2.30. The van der Waals surface area contributed by atoms with Gasteiger partial charge < -0.3 is 10.1 Å². The first-order valence-corrected chi connectivity index (χ1v) is 5.54. The summed E-state index contributed by atoms with van der Waals surface area (Å²) in [5.41, 5.74) is 1.17. The maximum Gasteiger partial charge on any atom is 0.120 e. The molecule has 2 heteroatoms. The topological polar surface area (TPSA) is 21.3 Å². The summed E-state index contributed by atoms with van der Waals surface area (Å²) in [5, 5.41) is 3.20. The molecule has 1 unspecified atom stereocenters. The monoisotopic (exact) mass is 217 g/mol. The van der Waals surface area contributed by atoms with Crippen LogP contribution in [0.25, 0.3) is 0 Å². The van der Waals surface area contributed by atoms with Gasteiger partial charge in [-0.25, -0.2) is 0 Å². The summed E-state index contributed by atoms with van der Waals surface area (Å²) in [5.74, 6) is 3.57. The van der Waals surface area contributed by atoms with Gasteiger partial charge in [-0.2, -0.15) is 0 Å². The van der Waals surface area contributed by atoms with Gasteiger partial charge in [-0.05, 0) is 38.6 Å². The number of nitrogens with one attached hydrogen (secondary N) is 1. The van der Waals surface area contributed by atoms with Crippen molar-refractivity contribution in [2.75, 3.05) is 7.05 Å². The zero-order valence-electron chi connectivity index (χ0n) is 10.2. The predicted octanol–water partition coefficient (Wildman–Crippen LogP) is 2.76. The van der Waals surface area contributed by atoms with Crippen LogP contribution in [0.5, 0.6) is 5.75 Å². The number of rotatable bonds is 5. The van der Waals surface area contributed by atoms with E-state index in [4.69, 9.17) is 11.2 Å². The van der Waals surface area contributed by atoms with Gasteiger partial charge in [0.1, 0.15) is 5.75 Å². The molecule has 1 N–H and O–H groups in total. The minimum atomic E-state index is 0.191. The molecule has 0 saturated carbocycles. The zero-order valence-corrected chi connectivity index (χ0v) is 10.2. The van der Waals surface area contributed by atoms with E-state index in [1.54, 1.807) is 0 Å². The van der Waals surface area contributed by atoms with Crippen molar-refractivity contribution < 1.29 is 4.74 Å². The second-order valence-electron chi connectivity index (χ2n) is 3.99. The van der Waals surface area contributed by atoms with Crippen LogP contribution in [0.3, 0.4) is 0 Å². The van der Waals surface area contributed by atoms with Crippen LogP contribution >= 0.6 is 0 Å². The fraction of sp³-hybridized carbons (Fsp3) is 0.429. The molecule has 86 valence electrons. The number of benzene rings is 1. The van der Waals surface area contributed by atoms with Gasteiger partial charge in [0.05, 0.1) is 6.10 Å². The molecule has 0 radical (unpaired) electrons. The van der Waals surface area contributed by atoms with Gasteiger partial charge in [0, 0.05) is 12.5 Å². The standard InChI is InChI=1S/C14H19NO/c1-5-7-14(15-4)12-8-6-9-13(10-12)16-11(2)3/h1,6,8-11,14-15H,7H2,2-4H3. The van der Waals surface area contributed by atoms with E-state index in [2.05, 4.69) is 17.3 Å². The molecule has 0 aliphatic rings. The van der Waals surface area contributed by atoms with Crippen molar-refractivity contribution in [3.8, 4) is 18.1 Å². The van der Waals surface area contributed by atoms with Gasteiger partial charge in [0.25, 0.3) is 0 Å². The Morgan fingerprint density at radius 3 is 2.75 bits per heavy atom. The Morgan fingerprint density at radius 2 is 2.19 bits per heavy atom. The van der Waals surface area contributed by atoms with Gasteiger partial charge >= 0.3 is 0 Å².